The molecule has 1 aliphatic rings. The first kappa shape index (κ1) is 15.3. The standard InChI is InChI=1S/C17H28N2O/c1-14-8-10-19(13-15(14)2)17-7-5-4-6-16(17)12-18-9-11-20-3/h4-7,14-15,18H,8-13H2,1-3H3. The zero-order valence-electron chi connectivity index (χ0n) is 13.1. The van der Waals surface area contributed by atoms with Crippen LogP contribution in [-0.4, -0.2) is 33.4 Å². The van der Waals surface area contributed by atoms with Gasteiger partial charge in [-0.3, -0.25) is 0 Å². The number of anilines is 1. The predicted octanol–water partition coefficient (Wildman–Crippen LogP) is 2.90. The summed E-state index contributed by atoms with van der Waals surface area (Å²) in [5, 5.41) is 3.45. The Labute approximate surface area is 123 Å². The molecular formula is C17H28N2O. The molecule has 3 heteroatoms. The van der Waals surface area contributed by atoms with E-state index < -0.39 is 0 Å². The molecule has 2 unspecified atom stereocenters. The molecule has 0 spiro atoms. The first-order chi connectivity index (χ1) is 9.72. The fourth-order valence-electron chi connectivity index (χ4n) is 2.85. The minimum atomic E-state index is 0.764. The van der Waals surface area contributed by atoms with Crippen LogP contribution in [0.2, 0.25) is 0 Å². The number of hydrogen-bond acceptors (Lipinski definition) is 3. The Morgan fingerprint density at radius 2 is 2.05 bits per heavy atom. The molecule has 1 aromatic rings. The fraction of sp³-hybridized carbons (Fsp3) is 0.647. The molecule has 20 heavy (non-hydrogen) atoms. The van der Waals surface area contributed by atoms with E-state index in [1.54, 1.807) is 7.11 Å². The van der Waals surface area contributed by atoms with Gasteiger partial charge < -0.3 is 15.0 Å². The van der Waals surface area contributed by atoms with E-state index in [-0.39, 0.29) is 0 Å². The van der Waals surface area contributed by atoms with E-state index in [4.69, 9.17) is 4.74 Å². The highest BCUT2D eigenvalue weighted by atomic mass is 16.5. The lowest BCUT2D eigenvalue weighted by molar-refractivity contribution is 0.199. The van der Waals surface area contributed by atoms with Crippen LogP contribution in [0, 0.1) is 11.8 Å². The molecule has 0 aliphatic carbocycles. The first-order valence-electron chi connectivity index (χ1n) is 7.75. The Morgan fingerprint density at radius 1 is 1.25 bits per heavy atom. The fourth-order valence-corrected chi connectivity index (χ4v) is 2.85. The molecule has 1 fully saturated rings. The van der Waals surface area contributed by atoms with Crippen LogP contribution in [0.25, 0.3) is 0 Å². The van der Waals surface area contributed by atoms with Gasteiger partial charge in [0.2, 0.25) is 0 Å². The summed E-state index contributed by atoms with van der Waals surface area (Å²) in [6.07, 6.45) is 1.30. The summed E-state index contributed by atoms with van der Waals surface area (Å²) in [7, 11) is 1.74. The number of benzene rings is 1. The molecule has 1 aliphatic heterocycles. The number of rotatable bonds is 6. The molecule has 1 aromatic carbocycles. The lowest BCUT2D eigenvalue weighted by Crippen LogP contribution is -2.39. The van der Waals surface area contributed by atoms with E-state index >= 15 is 0 Å². The van der Waals surface area contributed by atoms with Crippen LogP contribution in [-0.2, 0) is 11.3 Å². The zero-order chi connectivity index (χ0) is 14.4. The van der Waals surface area contributed by atoms with Crippen molar-refractivity contribution in [3.05, 3.63) is 29.8 Å². The maximum atomic E-state index is 5.08. The van der Waals surface area contributed by atoms with Crippen molar-refractivity contribution in [2.24, 2.45) is 11.8 Å². The molecule has 0 saturated carbocycles. The van der Waals surface area contributed by atoms with Crippen molar-refractivity contribution in [1.29, 1.82) is 0 Å². The lowest BCUT2D eigenvalue weighted by Gasteiger charge is -2.37. The number of nitrogens with zero attached hydrogens (tertiary/aromatic N) is 1. The van der Waals surface area contributed by atoms with Crippen molar-refractivity contribution in [3.63, 3.8) is 0 Å². The average molecular weight is 276 g/mol. The maximum Gasteiger partial charge on any atom is 0.0587 e. The summed E-state index contributed by atoms with van der Waals surface area (Å²) in [5.41, 5.74) is 2.79. The van der Waals surface area contributed by atoms with Crippen LogP contribution in [0.15, 0.2) is 24.3 Å². The van der Waals surface area contributed by atoms with E-state index in [1.165, 1.54) is 30.8 Å². The Kier molecular flexibility index (Phi) is 5.86. The largest absolute Gasteiger partial charge is 0.383 e. The highest BCUT2D eigenvalue weighted by molar-refractivity contribution is 5.54. The topological polar surface area (TPSA) is 24.5 Å². The van der Waals surface area contributed by atoms with Gasteiger partial charge in [-0.1, -0.05) is 32.0 Å². The normalized spacial score (nSPS) is 23.1. The van der Waals surface area contributed by atoms with Crippen LogP contribution in [0.4, 0.5) is 5.69 Å². The molecule has 1 heterocycles. The Bertz CT molecular complexity index is 408. The van der Waals surface area contributed by atoms with Crippen LogP contribution in [0.5, 0.6) is 0 Å². The molecule has 112 valence electrons. The second kappa shape index (κ2) is 7.65. The van der Waals surface area contributed by atoms with Gasteiger partial charge in [-0.15, -0.1) is 0 Å². The molecule has 1 N–H and O–H groups in total. The summed E-state index contributed by atoms with van der Waals surface area (Å²) in [4.78, 5) is 2.55. The Balaban J connectivity index is 2.00. The third-order valence-corrected chi connectivity index (χ3v) is 4.46. The first-order valence-corrected chi connectivity index (χ1v) is 7.75. The van der Waals surface area contributed by atoms with Gasteiger partial charge in [0.1, 0.15) is 0 Å². The van der Waals surface area contributed by atoms with Crippen molar-refractivity contribution in [1.82, 2.24) is 5.32 Å². The molecule has 0 bridgehead atoms. The van der Waals surface area contributed by atoms with Gasteiger partial charge in [-0.25, -0.2) is 0 Å². The van der Waals surface area contributed by atoms with Gasteiger partial charge >= 0.3 is 0 Å². The Hall–Kier alpha value is -1.06. The average Bonchev–Trinajstić information content (AvgIpc) is 2.47. The van der Waals surface area contributed by atoms with Crippen molar-refractivity contribution >= 4 is 5.69 Å². The molecular weight excluding hydrogens is 248 g/mol. The molecule has 1 saturated heterocycles. The smallest absolute Gasteiger partial charge is 0.0587 e. The number of nitrogens with one attached hydrogen (secondary N) is 1. The van der Waals surface area contributed by atoms with Gasteiger partial charge in [0.15, 0.2) is 0 Å². The van der Waals surface area contributed by atoms with Gasteiger partial charge in [0, 0.05) is 39.0 Å². The van der Waals surface area contributed by atoms with Crippen LogP contribution < -0.4 is 10.2 Å². The number of ether oxygens (including phenoxy) is 1. The highest BCUT2D eigenvalue weighted by Crippen LogP contribution is 2.29. The van der Waals surface area contributed by atoms with Gasteiger partial charge in [0.25, 0.3) is 0 Å². The Morgan fingerprint density at radius 3 is 2.80 bits per heavy atom. The zero-order valence-corrected chi connectivity index (χ0v) is 13.1. The van der Waals surface area contributed by atoms with Gasteiger partial charge in [0.05, 0.1) is 6.61 Å². The number of hydrogen-bond donors (Lipinski definition) is 1. The molecule has 2 atom stereocenters. The van der Waals surface area contributed by atoms with Crippen LogP contribution in [0.1, 0.15) is 25.8 Å². The summed E-state index contributed by atoms with van der Waals surface area (Å²) < 4.78 is 5.08. The number of piperidine rings is 1. The van der Waals surface area contributed by atoms with E-state index in [1.807, 2.05) is 0 Å². The van der Waals surface area contributed by atoms with Crippen molar-refractivity contribution in [2.45, 2.75) is 26.8 Å². The van der Waals surface area contributed by atoms with E-state index in [0.717, 1.165) is 31.5 Å². The summed E-state index contributed by atoms with van der Waals surface area (Å²) in [6.45, 7) is 9.69. The maximum absolute atomic E-state index is 5.08. The second-order valence-electron chi connectivity index (χ2n) is 5.99. The molecule has 0 aromatic heterocycles. The van der Waals surface area contributed by atoms with Crippen molar-refractivity contribution in [3.8, 4) is 0 Å². The molecule has 2 rings (SSSR count). The lowest BCUT2D eigenvalue weighted by atomic mass is 9.88. The number of methoxy groups -OCH3 is 1. The van der Waals surface area contributed by atoms with E-state index in [0.29, 0.717) is 0 Å². The van der Waals surface area contributed by atoms with Crippen LogP contribution >= 0.6 is 0 Å². The van der Waals surface area contributed by atoms with Crippen molar-refractivity contribution < 1.29 is 4.74 Å². The molecule has 0 radical (unpaired) electrons. The molecule has 0 amide bonds. The summed E-state index contributed by atoms with van der Waals surface area (Å²) in [5.74, 6) is 1.62. The highest BCUT2D eigenvalue weighted by Gasteiger charge is 2.23. The molecule has 3 nitrogen and oxygen atoms in total. The summed E-state index contributed by atoms with van der Waals surface area (Å²) >= 11 is 0. The van der Waals surface area contributed by atoms with Gasteiger partial charge in [-0.2, -0.15) is 0 Å². The third-order valence-electron chi connectivity index (χ3n) is 4.46. The second-order valence-corrected chi connectivity index (χ2v) is 5.99. The quantitative estimate of drug-likeness (QED) is 0.809. The van der Waals surface area contributed by atoms with E-state index in [2.05, 4.69) is 48.3 Å². The minimum absolute atomic E-state index is 0.764. The monoisotopic (exact) mass is 276 g/mol. The van der Waals surface area contributed by atoms with Crippen LogP contribution in [0.3, 0.4) is 0 Å². The van der Waals surface area contributed by atoms with Gasteiger partial charge in [-0.05, 0) is 29.9 Å². The SMILES string of the molecule is COCCNCc1ccccc1N1CCC(C)C(C)C1. The van der Waals surface area contributed by atoms with E-state index in [9.17, 15) is 0 Å². The predicted molar refractivity (Wildman–Crippen MR) is 85.2 cm³/mol. The number of para-hydroxylation sites is 1. The van der Waals surface area contributed by atoms with Crippen molar-refractivity contribution in [2.75, 3.05) is 38.3 Å². The third kappa shape index (κ3) is 3.97. The summed E-state index contributed by atoms with van der Waals surface area (Å²) in [6, 6.07) is 8.78. The minimum Gasteiger partial charge on any atom is -0.383 e.